The van der Waals surface area contributed by atoms with E-state index in [0.717, 1.165) is 19.3 Å². The van der Waals surface area contributed by atoms with E-state index < -0.39 is 0 Å². The lowest BCUT2D eigenvalue weighted by Gasteiger charge is -2.33. The van der Waals surface area contributed by atoms with Crippen molar-refractivity contribution in [1.29, 1.82) is 0 Å². The SMILES string of the molecule is CN(C(=O)c1ccc2c(=O)n(C)cnc2c1)[C@@H]1CCCc2ccccc21. The fourth-order valence-electron chi connectivity index (χ4n) is 3.82. The van der Waals surface area contributed by atoms with Crippen LogP contribution in [0.4, 0.5) is 0 Å². The van der Waals surface area contributed by atoms with Crippen LogP contribution in [0.2, 0.25) is 0 Å². The maximum Gasteiger partial charge on any atom is 0.260 e. The van der Waals surface area contributed by atoms with E-state index in [2.05, 4.69) is 23.2 Å². The standard InChI is InChI=1S/C21H21N3O2/c1-23-13-22-18-12-15(10-11-17(18)21(23)26)20(25)24(2)19-9-5-7-14-6-3-4-8-16(14)19/h3-4,6,8,10-13,19H,5,7,9H2,1-2H3/t19-/m1/s1. The van der Waals surface area contributed by atoms with Gasteiger partial charge in [-0.2, -0.15) is 0 Å². The van der Waals surface area contributed by atoms with Gasteiger partial charge in [-0.15, -0.1) is 0 Å². The molecule has 0 fully saturated rings. The van der Waals surface area contributed by atoms with Crippen molar-refractivity contribution in [3.05, 3.63) is 75.8 Å². The molecule has 1 amide bonds. The lowest BCUT2D eigenvalue weighted by molar-refractivity contribution is 0.0715. The van der Waals surface area contributed by atoms with Gasteiger partial charge in [0.2, 0.25) is 0 Å². The van der Waals surface area contributed by atoms with Gasteiger partial charge < -0.3 is 9.47 Å². The molecule has 4 rings (SSSR count). The topological polar surface area (TPSA) is 55.2 Å². The minimum atomic E-state index is -0.108. The molecule has 1 aliphatic rings. The molecule has 26 heavy (non-hydrogen) atoms. The van der Waals surface area contributed by atoms with Crippen LogP contribution in [0.25, 0.3) is 10.9 Å². The highest BCUT2D eigenvalue weighted by Gasteiger charge is 2.27. The number of amides is 1. The van der Waals surface area contributed by atoms with E-state index >= 15 is 0 Å². The van der Waals surface area contributed by atoms with Crippen LogP contribution in [0.15, 0.2) is 53.6 Å². The summed E-state index contributed by atoms with van der Waals surface area (Å²) in [6, 6.07) is 13.6. The predicted octanol–water partition coefficient (Wildman–Crippen LogP) is 3.08. The predicted molar refractivity (Wildman–Crippen MR) is 101 cm³/mol. The number of fused-ring (bicyclic) bond motifs is 2. The molecule has 1 heterocycles. The van der Waals surface area contributed by atoms with Crippen LogP contribution >= 0.6 is 0 Å². The number of hydrogen-bond donors (Lipinski definition) is 0. The van der Waals surface area contributed by atoms with Crippen molar-refractivity contribution in [2.75, 3.05) is 7.05 Å². The summed E-state index contributed by atoms with van der Waals surface area (Å²) in [5, 5.41) is 0.525. The summed E-state index contributed by atoms with van der Waals surface area (Å²) in [6.07, 6.45) is 4.60. The third-order valence-electron chi connectivity index (χ3n) is 5.29. The van der Waals surface area contributed by atoms with Gasteiger partial charge in [0, 0.05) is 19.7 Å². The molecule has 3 aromatic rings. The molecule has 0 bridgehead atoms. The summed E-state index contributed by atoms with van der Waals surface area (Å²) < 4.78 is 1.44. The Morgan fingerprint density at radius 1 is 1.23 bits per heavy atom. The van der Waals surface area contributed by atoms with Gasteiger partial charge in [-0.25, -0.2) is 4.98 Å². The van der Waals surface area contributed by atoms with Crippen molar-refractivity contribution in [1.82, 2.24) is 14.5 Å². The first-order valence-corrected chi connectivity index (χ1v) is 8.86. The highest BCUT2D eigenvalue weighted by Crippen LogP contribution is 2.34. The van der Waals surface area contributed by atoms with Crippen LogP contribution in [-0.2, 0) is 13.5 Å². The van der Waals surface area contributed by atoms with Crippen LogP contribution in [0, 0.1) is 0 Å². The molecule has 5 heteroatoms. The Balaban J connectivity index is 1.69. The highest BCUT2D eigenvalue weighted by atomic mass is 16.2. The summed E-state index contributed by atoms with van der Waals surface area (Å²) in [6.45, 7) is 0. The Morgan fingerprint density at radius 3 is 2.88 bits per heavy atom. The number of aromatic nitrogens is 2. The van der Waals surface area contributed by atoms with E-state index in [1.165, 1.54) is 22.0 Å². The Labute approximate surface area is 151 Å². The van der Waals surface area contributed by atoms with E-state index in [4.69, 9.17) is 0 Å². The zero-order valence-corrected chi connectivity index (χ0v) is 15.0. The van der Waals surface area contributed by atoms with Crippen LogP contribution in [0.5, 0.6) is 0 Å². The zero-order chi connectivity index (χ0) is 18.3. The number of benzene rings is 2. The second-order valence-corrected chi connectivity index (χ2v) is 6.92. The van der Waals surface area contributed by atoms with Crippen molar-refractivity contribution in [2.45, 2.75) is 25.3 Å². The van der Waals surface area contributed by atoms with Gasteiger partial charge in [-0.05, 0) is 48.6 Å². The van der Waals surface area contributed by atoms with Crippen LogP contribution in [-0.4, -0.2) is 27.4 Å². The molecule has 0 aliphatic heterocycles. The monoisotopic (exact) mass is 347 g/mol. The van der Waals surface area contributed by atoms with Crippen LogP contribution < -0.4 is 5.56 Å². The largest absolute Gasteiger partial charge is 0.335 e. The molecular weight excluding hydrogens is 326 g/mol. The third kappa shape index (κ3) is 2.69. The molecule has 0 N–H and O–H groups in total. The first kappa shape index (κ1) is 16.5. The maximum atomic E-state index is 13.1. The van der Waals surface area contributed by atoms with Crippen molar-refractivity contribution in [3.63, 3.8) is 0 Å². The summed E-state index contributed by atoms with van der Waals surface area (Å²) in [7, 11) is 3.53. The van der Waals surface area contributed by atoms with Crippen LogP contribution in [0.3, 0.4) is 0 Å². The molecule has 2 aromatic carbocycles. The fourth-order valence-corrected chi connectivity index (χ4v) is 3.82. The van der Waals surface area contributed by atoms with Gasteiger partial charge in [0.25, 0.3) is 11.5 Å². The summed E-state index contributed by atoms with van der Waals surface area (Å²) in [5.74, 6) is -0.0453. The fraction of sp³-hybridized carbons (Fsp3) is 0.286. The number of carbonyl (C=O) groups excluding carboxylic acids is 1. The lowest BCUT2D eigenvalue weighted by atomic mass is 9.87. The molecule has 132 valence electrons. The highest BCUT2D eigenvalue weighted by molar-refractivity contribution is 5.97. The second kappa shape index (κ2) is 6.41. The summed E-state index contributed by atoms with van der Waals surface area (Å²) >= 11 is 0. The third-order valence-corrected chi connectivity index (χ3v) is 5.29. The Morgan fingerprint density at radius 2 is 2.04 bits per heavy atom. The van der Waals surface area contributed by atoms with Gasteiger partial charge in [-0.1, -0.05) is 24.3 Å². The molecule has 1 aliphatic carbocycles. The van der Waals surface area contributed by atoms with Crippen molar-refractivity contribution < 1.29 is 4.79 Å². The summed E-state index contributed by atoms with van der Waals surface area (Å²) in [4.78, 5) is 31.3. The van der Waals surface area contributed by atoms with E-state index in [1.807, 2.05) is 18.0 Å². The molecule has 1 aromatic heterocycles. The molecule has 0 radical (unpaired) electrons. The minimum absolute atomic E-state index is 0.0453. The number of aryl methyl sites for hydroxylation is 2. The molecule has 5 nitrogen and oxygen atoms in total. The number of rotatable bonds is 2. The minimum Gasteiger partial charge on any atom is -0.335 e. The lowest BCUT2D eigenvalue weighted by Crippen LogP contribution is -2.33. The average Bonchev–Trinajstić information content (AvgIpc) is 2.69. The van der Waals surface area contributed by atoms with Gasteiger partial charge in [0.05, 0.1) is 23.3 Å². The molecule has 0 saturated heterocycles. The Kier molecular flexibility index (Phi) is 4.07. The molecule has 0 saturated carbocycles. The number of nitrogens with zero attached hydrogens (tertiary/aromatic N) is 3. The molecule has 0 spiro atoms. The first-order valence-electron chi connectivity index (χ1n) is 8.86. The molecule has 0 unspecified atom stereocenters. The molecular formula is C21H21N3O2. The Hall–Kier alpha value is -2.95. The number of carbonyl (C=O) groups is 1. The number of hydrogen-bond acceptors (Lipinski definition) is 3. The van der Waals surface area contributed by atoms with Crippen molar-refractivity contribution in [3.8, 4) is 0 Å². The van der Waals surface area contributed by atoms with Gasteiger partial charge >= 0.3 is 0 Å². The van der Waals surface area contributed by atoms with E-state index in [9.17, 15) is 9.59 Å². The van der Waals surface area contributed by atoms with Crippen molar-refractivity contribution in [2.24, 2.45) is 7.05 Å². The zero-order valence-electron chi connectivity index (χ0n) is 15.0. The van der Waals surface area contributed by atoms with Gasteiger partial charge in [0.1, 0.15) is 0 Å². The average molecular weight is 347 g/mol. The van der Waals surface area contributed by atoms with E-state index in [1.54, 1.807) is 25.2 Å². The molecule has 1 atom stereocenters. The maximum absolute atomic E-state index is 13.1. The summed E-state index contributed by atoms with van der Waals surface area (Å²) in [5.41, 5.74) is 3.57. The Bertz CT molecular complexity index is 1050. The van der Waals surface area contributed by atoms with E-state index in [-0.39, 0.29) is 17.5 Å². The quantitative estimate of drug-likeness (QED) is 0.716. The van der Waals surface area contributed by atoms with Crippen LogP contribution in [0.1, 0.15) is 40.4 Å². The second-order valence-electron chi connectivity index (χ2n) is 6.92. The van der Waals surface area contributed by atoms with Gasteiger partial charge in [0.15, 0.2) is 0 Å². The smallest absolute Gasteiger partial charge is 0.260 e. The van der Waals surface area contributed by atoms with E-state index in [0.29, 0.717) is 16.5 Å². The van der Waals surface area contributed by atoms with Gasteiger partial charge in [-0.3, -0.25) is 9.59 Å². The normalized spacial score (nSPS) is 16.3. The first-order chi connectivity index (χ1) is 12.6. The van der Waals surface area contributed by atoms with Crippen molar-refractivity contribution >= 4 is 16.8 Å².